The van der Waals surface area contributed by atoms with Crippen LogP contribution in [-0.4, -0.2) is 24.0 Å². The summed E-state index contributed by atoms with van der Waals surface area (Å²) >= 11 is 3.36. The summed E-state index contributed by atoms with van der Waals surface area (Å²) in [7, 11) is 1.58. The van der Waals surface area contributed by atoms with E-state index in [2.05, 4.69) is 26.2 Å². The number of hydrogen-bond acceptors (Lipinski definition) is 3. The quantitative estimate of drug-likeness (QED) is 0.911. The van der Waals surface area contributed by atoms with Crippen molar-refractivity contribution in [2.24, 2.45) is 0 Å². The number of carbonyl (C=O) groups is 1. The molecule has 1 heterocycles. The minimum atomic E-state index is -0.230. The van der Waals surface area contributed by atoms with Gasteiger partial charge in [0.25, 0.3) is 5.91 Å². The fraction of sp³-hybridized carbons (Fsp3) is 0.400. The predicted octanol–water partition coefficient (Wildman–Crippen LogP) is 1.74. The first-order valence-electron chi connectivity index (χ1n) is 4.75. The lowest BCUT2D eigenvalue weighted by atomic mass is 10.3. The lowest BCUT2D eigenvalue weighted by Crippen LogP contribution is -2.20. The number of aromatic nitrogens is 1. The highest BCUT2D eigenvalue weighted by atomic mass is 79.9. The van der Waals surface area contributed by atoms with Crippen LogP contribution >= 0.6 is 15.9 Å². The number of ether oxygens (including phenoxy) is 1. The van der Waals surface area contributed by atoms with Crippen molar-refractivity contribution in [1.29, 1.82) is 0 Å². The van der Waals surface area contributed by atoms with Gasteiger partial charge in [-0.05, 0) is 34.8 Å². The highest BCUT2D eigenvalue weighted by Gasteiger charge is 2.27. The van der Waals surface area contributed by atoms with Crippen LogP contribution in [-0.2, 0) is 0 Å². The Morgan fingerprint density at radius 1 is 1.67 bits per heavy atom. The summed E-state index contributed by atoms with van der Waals surface area (Å²) in [5.74, 6) is 0.311. The average molecular weight is 271 g/mol. The Hall–Kier alpha value is -1.10. The number of nitrogens with one attached hydrogen (secondary N) is 1. The van der Waals surface area contributed by atoms with Crippen LogP contribution < -0.4 is 10.1 Å². The van der Waals surface area contributed by atoms with E-state index in [-0.39, 0.29) is 12.0 Å². The van der Waals surface area contributed by atoms with E-state index in [9.17, 15) is 4.79 Å². The number of halogens is 1. The summed E-state index contributed by atoms with van der Waals surface area (Å²) in [6, 6.07) is 1.77. The second-order valence-corrected chi connectivity index (χ2v) is 4.22. The SMILES string of the molecule is CNC(=O)c1nccc(Br)c1OC1CC1. The Labute approximate surface area is 96.2 Å². The Morgan fingerprint density at radius 2 is 2.40 bits per heavy atom. The van der Waals surface area contributed by atoms with Crippen molar-refractivity contribution in [3.05, 3.63) is 22.4 Å². The van der Waals surface area contributed by atoms with Crippen molar-refractivity contribution >= 4 is 21.8 Å². The molecule has 5 heteroatoms. The van der Waals surface area contributed by atoms with E-state index < -0.39 is 0 Å². The van der Waals surface area contributed by atoms with E-state index in [1.807, 2.05) is 0 Å². The van der Waals surface area contributed by atoms with Gasteiger partial charge in [-0.15, -0.1) is 0 Å². The molecule has 0 saturated heterocycles. The third-order valence-corrected chi connectivity index (χ3v) is 2.73. The largest absolute Gasteiger partial charge is 0.487 e. The third kappa shape index (κ3) is 2.28. The summed E-state index contributed by atoms with van der Waals surface area (Å²) in [6.07, 6.45) is 3.92. The Morgan fingerprint density at radius 3 is 3.00 bits per heavy atom. The molecule has 0 spiro atoms. The number of carbonyl (C=O) groups excluding carboxylic acids is 1. The van der Waals surface area contributed by atoms with Gasteiger partial charge in [0.2, 0.25) is 0 Å². The van der Waals surface area contributed by atoms with Crippen LogP contribution in [0.15, 0.2) is 16.7 Å². The van der Waals surface area contributed by atoms with Crippen LogP contribution in [0.3, 0.4) is 0 Å². The van der Waals surface area contributed by atoms with Crippen LogP contribution in [0.1, 0.15) is 23.3 Å². The molecule has 1 fully saturated rings. The zero-order chi connectivity index (χ0) is 10.8. The zero-order valence-corrected chi connectivity index (χ0v) is 9.87. The second-order valence-electron chi connectivity index (χ2n) is 3.37. The first kappa shape index (κ1) is 10.4. The second kappa shape index (κ2) is 4.18. The Kier molecular flexibility index (Phi) is 2.90. The maximum absolute atomic E-state index is 11.5. The van der Waals surface area contributed by atoms with Gasteiger partial charge < -0.3 is 10.1 Å². The van der Waals surface area contributed by atoms with Crippen molar-refractivity contribution in [3.63, 3.8) is 0 Å². The molecule has 0 atom stereocenters. The molecule has 0 radical (unpaired) electrons. The number of pyridine rings is 1. The summed E-state index contributed by atoms with van der Waals surface area (Å²) in [5, 5.41) is 2.54. The maximum atomic E-state index is 11.5. The first-order valence-corrected chi connectivity index (χ1v) is 5.55. The van der Waals surface area contributed by atoms with Crippen molar-refractivity contribution in [2.45, 2.75) is 18.9 Å². The molecule has 4 nitrogen and oxygen atoms in total. The van der Waals surface area contributed by atoms with Crippen LogP contribution in [0.25, 0.3) is 0 Å². The lowest BCUT2D eigenvalue weighted by molar-refractivity contribution is 0.0953. The molecule has 1 N–H and O–H groups in total. The Balaban J connectivity index is 2.33. The summed E-state index contributed by atoms with van der Waals surface area (Å²) in [4.78, 5) is 15.5. The highest BCUT2D eigenvalue weighted by molar-refractivity contribution is 9.10. The van der Waals surface area contributed by atoms with Crippen LogP contribution in [0.4, 0.5) is 0 Å². The van der Waals surface area contributed by atoms with E-state index in [4.69, 9.17) is 4.74 Å². The van der Waals surface area contributed by atoms with Crippen LogP contribution in [0, 0.1) is 0 Å². The molecule has 1 aliphatic rings. The summed E-state index contributed by atoms with van der Waals surface area (Å²) in [5.41, 5.74) is 0.332. The van der Waals surface area contributed by atoms with E-state index in [0.29, 0.717) is 11.4 Å². The molecule has 0 unspecified atom stereocenters. The van der Waals surface area contributed by atoms with Crippen molar-refractivity contribution < 1.29 is 9.53 Å². The first-order chi connectivity index (χ1) is 7.22. The summed E-state index contributed by atoms with van der Waals surface area (Å²) in [6.45, 7) is 0. The zero-order valence-electron chi connectivity index (χ0n) is 8.29. The minimum Gasteiger partial charge on any atom is -0.487 e. The van der Waals surface area contributed by atoms with Crippen molar-refractivity contribution in [2.75, 3.05) is 7.05 Å². The monoisotopic (exact) mass is 270 g/mol. The van der Waals surface area contributed by atoms with Gasteiger partial charge in [-0.2, -0.15) is 0 Å². The molecule has 2 rings (SSSR count). The van der Waals surface area contributed by atoms with E-state index >= 15 is 0 Å². The van der Waals surface area contributed by atoms with Crippen molar-refractivity contribution in [1.82, 2.24) is 10.3 Å². The van der Waals surface area contributed by atoms with Gasteiger partial charge in [-0.1, -0.05) is 0 Å². The molecule has 1 aromatic rings. The van der Waals surface area contributed by atoms with Crippen LogP contribution in [0.5, 0.6) is 5.75 Å². The van der Waals surface area contributed by atoms with E-state index in [1.165, 1.54) is 0 Å². The van der Waals surface area contributed by atoms with Gasteiger partial charge in [-0.25, -0.2) is 4.98 Å². The molecule has 0 bridgehead atoms. The van der Waals surface area contributed by atoms with Gasteiger partial charge in [0.1, 0.15) is 0 Å². The number of amides is 1. The smallest absolute Gasteiger partial charge is 0.273 e. The topological polar surface area (TPSA) is 51.2 Å². The molecule has 0 aliphatic heterocycles. The third-order valence-electron chi connectivity index (χ3n) is 2.11. The molecule has 0 aromatic carbocycles. The molecule has 80 valence electrons. The highest BCUT2D eigenvalue weighted by Crippen LogP contribution is 2.33. The van der Waals surface area contributed by atoms with Gasteiger partial charge >= 0.3 is 0 Å². The molecular formula is C10H11BrN2O2. The van der Waals surface area contributed by atoms with Gasteiger partial charge in [0.05, 0.1) is 10.6 Å². The standard InChI is InChI=1S/C10H11BrN2O2/c1-12-10(14)8-9(15-6-2-3-6)7(11)4-5-13-8/h4-6H,2-3H2,1H3,(H,12,14). The lowest BCUT2D eigenvalue weighted by Gasteiger charge is -2.10. The Bertz CT molecular complexity index is 391. The number of hydrogen-bond donors (Lipinski definition) is 1. The van der Waals surface area contributed by atoms with E-state index in [1.54, 1.807) is 19.3 Å². The van der Waals surface area contributed by atoms with Gasteiger partial charge in [0.15, 0.2) is 11.4 Å². The molecule has 1 amide bonds. The minimum absolute atomic E-state index is 0.230. The molecule has 1 aliphatic carbocycles. The van der Waals surface area contributed by atoms with E-state index in [0.717, 1.165) is 17.3 Å². The van der Waals surface area contributed by atoms with Gasteiger partial charge in [0, 0.05) is 13.2 Å². The molecular weight excluding hydrogens is 260 g/mol. The normalized spacial score (nSPS) is 14.8. The van der Waals surface area contributed by atoms with Crippen LogP contribution in [0.2, 0.25) is 0 Å². The number of nitrogens with zero attached hydrogens (tertiary/aromatic N) is 1. The molecule has 1 aromatic heterocycles. The average Bonchev–Trinajstić information content (AvgIpc) is 3.04. The maximum Gasteiger partial charge on any atom is 0.273 e. The fourth-order valence-corrected chi connectivity index (χ4v) is 1.57. The number of rotatable bonds is 3. The molecule has 15 heavy (non-hydrogen) atoms. The van der Waals surface area contributed by atoms with Crippen molar-refractivity contribution in [3.8, 4) is 5.75 Å². The molecule has 1 saturated carbocycles. The van der Waals surface area contributed by atoms with Gasteiger partial charge in [-0.3, -0.25) is 4.79 Å². The summed E-state index contributed by atoms with van der Waals surface area (Å²) < 4.78 is 6.41. The fourth-order valence-electron chi connectivity index (χ4n) is 1.17. The predicted molar refractivity (Wildman–Crippen MR) is 59.0 cm³/mol.